The van der Waals surface area contributed by atoms with E-state index in [1.807, 2.05) is 36.6 Å². The molecule has 0 bridgehead atoms. The third-order valence-corrected chi connectivity index (χ3v) is 6.97. The fourth-order valence-electron chi connectivity index (χ4n) is 2.95. The molecule has 0 aliphatic rings. The number of thiazole rings is 1. The molecule has 1 heterocycles. The number of aryl methyl sites for hydroxylation is 2. The molecule has 3 rings (SSSR count). The van der Waals surface area contributed by atoms with E-state index in [1.165, 1.54) is 0 Å². The van der Waals surface area contributed by atoms with E-state index in [4.69, 9.17) is 0 Å². The van der Waals surface area contributed by atoms with Crippen molar-refractivity contribution in [1.29, 1.82) is 0 Å². The zero-order valence-corrected chi connectivity index (χ0v) is 18.0. The molecule has 8 heteroatoms. The van der Waals surface area contributed by atoms with Crippen LogP contribution in [0.3, 0.4) is 0 Å². The van der Waals surface area contributed by atoms with E-state index in [1.54, 1.807) is 29.5 Å². The second-order valence-electron chi connectivity index (χ2n) is 6.85. The Morgan fingerprint density at radius 2 is 1.86 bits per heavy atom. The molecule has 0 saturated heterocycles. The third kappa shape index (κ3) is 6.35. The standard InChI is InChI=1S/C21H25N3O3S2/c1-16-15-28-21(24-16)8-4-5-12-22-20(25)11-13-23-29(26,27)19-10-9-17-6-2-3-7-18(17)14-19/h2-3,6-7,9-10,14-15,23H,4-5,8,11-13H2,1H3,(H,22,25). The number of hydrogen-bond donors (Lipinski definition) is 2. The largest absolute Gasteiger partial charge is 0.356 e. The van der Waals surface area contributed by atoms with Gasteiger partial charge >= 0.3 is 0 Å². The third-order valence-electron chi connectivity index (χ3n) is 4.48. The van der Waals surface area contributed by atoms with Gasteiger partial charge in [-0.2, -0.15) is 0 Å². The minimum atomic E-state index is -3.64. The molecule has 0 spiro atoms. The summed E-state index contributed by atoms with van der Waals surface area (Å²) in [7, 11) is -3.64. The Balaban J connectivity index is 1.37. The maximum Gasteiger partial charge on any atom is 0.240 e. The van der Waals surface area contributed by atoms with E-state index in [0.29, 0.717) is 6.54 Å². The van der Waals surface area contributed by atoms with Crippen molar-refractivity contribution in [3.8, 4) is 0 Å². The van der Waals surface area contributed by atoms with Crippen LogP contribution in [0.5, 0.6) is 0 Å². The summed E-state index contributed by atoms with van der Waals surface area (Å²) >= 11 is 1.66. The van der Waals surface area contributed by atoms with Gasteiger partial charge in [-0.05, 0) is 49.1 Å². The van der Waals surface area contributed by atoms with Gasteiger partial charge in [0.05, 0.1) is 9.90 Å². The second-order valence-corrected chi connectivity index (χ2v) is 9.56. The molecule has 154 valence electrons. The minimum absolute atomic E-state index is 0.0688. The summed E-state index contributed by atoms with van der Waals surface area (Å²) in [4.78, 5) is 16.5. The van der Waals surface area contributed by atoms with Crippen molar-refractivity contribution in [3.05, 3.63) is 58.5 Å². The zero-order valence-electron chi connectivity index (χ0n) is 16.3. The maximum atomic E-state index is 12.4. The van der Waals surface area contributed by atoms with Gasteiger partial charge in [0.25, 0.3) is 0 Å². The quantitative estimate of drug-likeness (QED) is 0.482. The molecule has 0 aliphatic heterocycles. The van der Waals surface area contributed by atoms with E-state index in [-0.39, 0.29) is 23.8 Å². The first-order valence-corrected chi connectivity index (χ1v) is 12.0. The van der Waals surface area contributed by atoms with Crippen LogP contribution in [0.1, 0.15) is 30.0 Å². The van der Waals surface area contributed by atoms with Crippen LogP contribution in [0.25, 0.3) is 10.8 Å². The Morgan fingerprint density at radius 1 is 1.07 bits per heavy atom. The highest BCUT2D eigenvalue weighted by atomic mass is 32.2. The lowest BCUT2D eigenvalue weighted by Crippen LogP contribution is -2.31. The molecule has 1 aromatic heterocycles. The number of sulfonamides is 1. The van der Waals surface area contributed by atoms with Gasteiger partial charge in [-0.15, -0.1) is 11.3 Å². The number of nitrogens with zero attached hydrogens (tertiary/aromatic N) is 1. The first-order valence-electron chi connectivity index (χ1n) is 9.60. The number of rotatable bonds is 10. The summed E-state index contributed by atoms with van der Waals surface area (Å²) in [5, 5.41) is 7.84. The summed E-state index contributed by atoms with van der Waals surface area (Å²) in [5.41, 5.74) is 1.05. The lowest BCUT2D eigenvalue weighted by atomic mass is 10.1. The van der Waals surface area contributed by atoms with Crippen LogP contribution in [0.2, 0.25) is 0 Å². The molecule has 0 aliphatic carbocycles. The van der Waals surface area contributed by atoms with E-state index in [9.17, 15) is 13.2 Å². The zero-order chi connectivity index (χ0) is 20.7. The number of unbranched alkanes of at least 4 members (excludes halogenated alkanes) is 1. The molecule has 6 nitrogen and oxygen atoms in total. The van der Waals surface area contributed by atoms with Crippen molar-refractivity contribution in [2.75, 3.05) is 13.1 Å². The Kier molecular flexibility index (Phi) is 7.35. The average Bonchev–Trinajstić information content (AvgIpc) is 3.12. The van der Waals surface area contributed by atoms with Gasteiger partial charge in [0.1, 0.15) is 0 Å². The first kappa shape index (κ1) is 21.4. The highest BCUT2D eigenvalue weighted by Crippen LogP contribution is 2.18. The van der Waals surface area contributed by atoms with Gasteiger partial charge in [-0.3, -0.25) is 4.79 Å². The van der Waals surface area contributed by atoms with Gasteiger partial charge in [0.15, 0.2) is 0 Å². The van der Waals surface area contributed by atoms with Crippen molar-refractivity contribution in [3.63, 3.8) is 0 Å². The number of fused-ring (bicyclic) bond motifs is 1. The van der Waals surface area contributed by atoms with Crippen molar-refractivity contribution in [2.45, 2.75) is 37.5 Å². The van der Waals surface area contributed by atoms with Crippen molar-refractivity contribution >= 4 is 38.0 Å². The predicted molar refractivity (Wildman–Crippen MR) is 117 cm³/mol. The fourth-order valence-corrected chi connectivity index (χ4v) is 4.84. The number of aromatic nitrogens is 1. The summed E-state index contributed by atoms with van der Waals surface area (Å²) in [6.07, 6.45) is 2.85. The Bertz CT molecular complexity index is 1080. The summed E-state index contributed by atoms with van der Waals surface area (Å²) in [5.74, 6) is -0.156. The molecule has 0 saturated carbocycles. The number of carbonyl (C=O) groups excluding carboxylic acids is 1. The van der Waals surface area contributed by atoms with Gasteiger partial charge in [-0.25, -0.2) is 18.1 Å². The minimum Gasteiger partial charge on any atom is -0.356 e. The van der Waals surface area contributed by atoms with Crippen LogP contribution < -0.4 is 10.0 Å². The molecule has 1 amide bonds. The Hall–Kier alpha value is -2.29. The summed E-state index contributed by atoms with van der Waals surface area (Å²) in [6, 6.07) is 12.6. The van der Waals surface area contributed by atoms with Crippen LogP contribution in [0.15, 0.2) is 52.7 Å². The monoisotopic (exact) mass is 431 g/mol. The van der Waals surface area contributed by atoms with E-state index >= 15 is 0 Å². The van der Waals surface area contributed by atoms with Crippen LogP contribution in [0.4, 0.5) is 0 Å². The normalized spacial score (nSPS) is 11.6. The van der Waals surface area contributed by atoms with E-state index < -0.39 is 10.0 Å². The molecule has 2 N–H and O–H groups in total. The van der Waals surface area contributed by atoms with Crippen LogP contribution in [-0.4, -0.2) is 32.4 Å². The number of amides is 1. The number of hydrogen-bond acceptors (Lipinski definition) is 5. The Labute approximate surface area is 175 Å². The van der Waals surface area contributed by atoms with Gasteiger partial charge < -0.3 is 5.32 Å². The number of carbonyl (C=O) groups is 1. The van der Waals surface area contributed by atoms with Crippen LogP contribution in [0, 0.1) is 6.92 Å². The fraction of sp³-hybridized carbons (Fsp3) is 0.333. The smallest absolute Gasteiger partial charge is 0.240 e. The topological polar surface area (TPSA) is 88.2 Å². The van der Waals surface area contributed by atoms with Crippen molar-refractivity contribution in [1.82, 2.24) is 15.0 Å². The molecule has 2 aromatic carbocycles. The average molecular weight is 432 g/mol. The van der Waals surface area contributed by atoms with Crippen LogP contribution >= 0.6 is 11.3 Å². The van der Waals surface area contributed by atoms with Crippen molar-refractivity contribution in [2.24, 2.45) is 0 Å². The number of benzene rings is 2. The van der Waals surface area contributed by atoms with E-state index in [2.05, 4.69) is 15.0 Å². The molecule has 3 aromatic rings. The van der Waals surface area contributed by atoms with Crippen molar-refractivity contribution < 1.29 is 13.2 Å². The lowest BCUT2D eigenvalue weighted by Gasteiger charge is -2.08. The highest BCUT2D eigenvalue weighted by molar-refractivity contribution is 7.89. The predicted octanol–water partition coefficient (Wildman–Crippen LogP) is 3.41. The van der Waals surface area contributed by atoms with E-state index in [0.717, 1.165) is 40.7 Å². The molecule has 29 heavy (non-hydrogen) atoms. The molecule has 0 fully saturated rings. The summed E-state index contributed by atoms with van der Waals surface area (Å²) in [6.45, 7) is 2.63. The lowest BCUT2D eigenvalue weighted by molar-refractivity contribution is -0.120. The molecular weight excluding hydrogens is 406 g/mol. The molecule has 0 atom stereocenters. The van der Waals surface area contributed by atoms with Gasteiger partial charge in [0.2, 0.25) is 15.9 Å². The highest BCUT2D eigenvalue weighted by Gasteiger charge is 2.14. The summed E-state index contributed by atoms with van der Waals surface area (Å²) < 4.78 is 27.4. The SMILES string of the molecule is Cc1csc(CCCCNC(=O)CCNS(=O)(=O)c2ccc3ccccc3c2)n1. The molecule has 0 radical (unpaired) electrons. The number of nitrogens with one attached hydrogen (secondary N) is 2. The van der Waals surface area contributed by atoms with Gasteiger partial charge in [-0.1, -0.05) is 30.3 Å². The van der Waals surface area contributed by atoms with Crippen LogP contribution in [-0.2, 0) is 21.2 Å². The molecular formula is C21H25N3O3S2. The Morgan fingerprint density at radius 3 is 2.62 bits per heavy atom. The second kappa shape index (κ2) is 9.96. The maximum absolute atomic E-state index is 12.4. The first-order chi connectivity index (χ1) is 13.9. The molecule has 0 unspecified atom stereocenters. The van der Waals surface area contributed by atoms with Gasteiger partial charge in [0, 0.05) is 30.6 Å².